The molecule has 2 aliphatic heterocycles. The third-order valence-corrected chi connectivity index (χ3v) is 7.35. The van der Waals surface area contributed by atoms with Crippen molar-refractivity contribution in [1.29, 1.82) is 0 Å². The monoisotopic (exact) mass is 462 g/mol. The van der Waals surface area contributed by atoms with Gasteiger partial charge in [0.2, 0.25) is 5.91 Å². The number of esters is 1. The van der Waals surface area contributed by atoms with Gasteiger partial charge >= 0.3 is 5.97 Å². The molecule has 3 atom stereocenters. The number of benzene rings is 2. The van der Waals surface area contributed by atoms with Crippen LogP contribution in [0.2, 0.25) is 0 Å². The summed E-state index contributed by atoms with van der Waals surface area (Å²) in [5, 5.41) is 3.06. The molecule has 2 aromatic carbocycles. The van der Waals surface area contributed by atoms with Crippen LogP contribution < -0.4 is 5.32 Å². The number of hydrogen-bond donors (Lipinski definition) is 1. The number of likely N-dealkylation sites (tertiary alicyclic amines) is 1. The number of carbonyl (C=O) groups excluding carboxylic acids is 3. The fraction of sp³-hybridized carbons (Fsp3) is 0.464. The molecule has 6 nitrogen and oxygen atoms in total. The van der Waals surface area contributed by atoms with Crippen LogP contribution in [0.5, 0.6) is 0 Å². The van der Waals surface area contributed by atoms with Gasteiger partial charge < -0.3 is 15.0 Å². The first-order valence-electron chi connectivity index (χ1n) is 12.0. The minimum Gasteiger partial charge on any atom is -0.452 e. The number of carbonyl (C=O) groups is 3. The number of rotatable bonds is 6. The first-order valence-corrected chi connectivity index (χ1v) is 12.0. The summed E-state index contributed by atoms with van der Waals surface area (Å²) in [5.41, 5.74) is 4.02. The molecule has 0 unspecified atom stereocenters. The van der Waals surface area contributed by atoms with Crippen LogP contribution in [0.25, 0.3) is 0 Å². The van der Waals surface area contributed by atoms with Gasteiger partial charge in [0, 0.05) is 19.5 Å². The third-order valence-electron chi connectivity index (χ3n) is 7.35. The van der Waals surface area contributed by atoms with E-state index in [0.717, 1.165) is 22.3 Å². The lowest BCUT2D eigenvalue weighted by molar-refractivity contribution is -0.156. The van der Waals surface area contributed by atoms with Crippen LogP contribution in [-0.2, 0) is 32.1 Å². The van der Waals surface area contributed by atoms with Gasteiger partial charge in [0.1, 0.15) is 6.04 Å². The predicted molar refractivity (Wildman–Crippen MR) is 130 cm³/mol. The van der Waals surface area contributed by atoms with Gasteiger partial charge in [-0.05, 0) is 54.4 Å². The van der Waals surface area contributed by atoms with Gasteiger partial charge in [-0.2, -0.15) is 0 Å². The highest BCUT2D eigenvalue weighted by Gasteiger charge is 2.50. The number of nitrogens with one attached hydrogen (secondary N) is 1. The van der Waals surface area contributed by atoms with Crippen molar-refractivity contribution in [3.63, 3.8) is 0 Å². The highest BCUT2D eigenvalue weighted by molar-refractivity contribution is 5.93. The van der Waals surface area contributed by atoms with Crippen LogP contribution in [0.1, 0.15) is 48.9 Å². The smallest absolute Gasteiger partial charge is 0.310 e. The molecule has 2 aromatic rings. The normalized spacial score (nSPS) is 23.6. The second-order valence-electron chi connectivity index (χ2n) is 10.3. The fourth-order valence-electron chi connectivity index (χ4n) is 5.27. The summed E-state index contributed by atoms with van der Waals surface area (Å²) in [5.74, 6) is -1.11. The van der Waals surface area contributed by atoms with E-state index in [1.807, 2.05) is 76.2 Å². The van der Waals surface area contributed by atoms with Crippen molar-refractivity contribution < 1.29 is 19.1 Å². The number of hydrogen-bond acceptors (Lipinski definition) is 4. The summed E-state index contributed by atoms with van der Waals surface area (Å²) >= 11 is 0. The molecule has 180 valence electrons. The van der Waals surface area contributed by atoms with Gasteiger partial charge in [-0.15, -0.1) is 0 Å². The Morgan fingerprint density at radius 1 is 1.06 bits per heavy atom. The largest absolute Gasteiger partial charge is 0.452 e. The average Bonchev–Trinajstić information content (AvgIpc) is 3.32. The first kappa shape index (κ1) is 24.0. The van der Waals surface area contributed by atoms with Crippen LogP contribution in [0.3, 0.4) is 0 Å². The molecule has 0 bridgehead atoms. The Labute approximate surface area is 201 Å². The van der Waals surface area contributed by atoms with Gasteiger partial charge in [0.15, 0.2) is 6.10 Å². The molecule has 2 aliphatic rings. The van der Waals surface area contributed by atoms with E-state index in [1.165, 1.54) is 0 Å². The van der Waals surface area contributed by atoms with E-state index in [-0.39, 0.29) is 29.1 Å². The van der Waals surface area contributed by atoms with E-state index in [2.05, 4.69) is 5.32 Å². The zero-order valence-electron chi connectivity index (χ0n) is 20.5. The van der Waals surface area contributed by atoms with Crippen molar-refractivity contribution in [3.8, 4) is 0 Å². The number of cyclic esters (lactones) is 1. The molecule has 2 saturated heterocycles. The van der Waals surface area contributed by atoms with E-state index < -0.39 is 12.1 Å². The molecular weight excluding hydrogens is 428 g/mol. The molecular formula is C28H34N2O4. The standard InChI is InChI=1S/C28H34N2O4/c1-18-9-8-10-19(2)22(18)17-29-25(31)24-28(3,4)13-14-30(24)26(32)23-16-21(27(33)34-23)15-20-11-6-5-7-12-20/h5-12,21,23-24H,13-17H2,1-4H3,(H,29,31)/t21-,23+,24-/m1/s1. The summed E-state index contributed by atoms with van der Waals surface area (Å²) in [6, 6.07) is 15.2. The topological polar surface area (TPSA) is 75.7 Å². The van der Waals surface area contributed by atoms with Crippen molar-refractivity contribution in [2.45, 2.75) is 65.6 Å². The molecule has 0 aliphatic carbocycles. The Morgan fingerprint density at radius 2 is 1.74 bits per heavy atom. The summed E-state index contributed by atoms with van der Waals surface area (Å²) in [6.45, 7) is 8.99. The number of nitrogens with zero attached hydrogens (tertiary/aromatic N) is 1. The Morgan fingerprint density at radius 3 is 2.41 bits per heavy atom. The fourth-order valence-corrected chi connectivity index (χ4v) is 5.27. The minimum absolute atomic E-state index is 0.163. The van der Waals surface area contributed by atoms with E-state index in [0.29, 0.717) is 32.4 Å². The molecule has 4 rings (SSSR count). The summed E-state index contributed by atoms with van der Waals surface area (Å²) < 4.78 is 5.52. The molecule has 0 aromatic heterocycles. The Hall–Kier alpha value is -3.15. The van der Waals surface area contributed by atoms with E-state index in [4.69, 9.17) is 4.74 Å². The first-order chi connectivity index (χ1) is 16.2. The highest BCUT2D eigenvalue weighted by atomic mass is 16.6. The average molecular weight is 463 g/mol. The number of aryl methyl sites for hydroxylation is 2. The Balaban J connectivity index is 1.44. The molecule has 1 N–H and O–H groups in total. The van der Waals surface area contributed by atoms with Crippen LogP contribution >= 0.6 is 0 Å². The Bertz CT molecular complexity index is 1060. The molecule has 2 heterocycles. The lowest BCUT2D eigenvalue weighted by atomic mass is 9.84. The van der Waals surface area contributed by atoms with Crippen LogP contribution in [0.15, 0.2) is 48.5 Å². The number of amides is 2. The van der Waals surface area contributed by atoms with Crippen molar-refractivity contribution in [2.24, 2.45) is 11.3 Å². The van der Waals surface area contributed by atoms with Crippen LogP contribution in [0, 0.1) is 25.2 Å². The van der Waals surface area contributed by atoms with Gasteiger partial charge in [0.25, 0.3) is 5.91 Å². The number of ether oxygens (including phenoxy) is 1. The van der Waals surface area contributed by atoms with Crippen molar-refractivity contribution in [1.82, 2.24) is 10.2 Å². The molecule has 2 amide bonds. The molecule has 2 fully saturated rings. The maximum Gasteiger partial charge on any atom is 0.310 e. The SMILES string of the molecule is Cc1cccc(C)c1CNC(=O)[C@H]1N(C(=O)[C@@H]2C[C@@H](Cc3ccccc3)C(=O)O2)CCC1(C)C. The lowest BCUT2D eigenvalue weighted by Gasteiger charge is -2.32. The van der Waals surface area contributed by atoms with Crippen molar-refractivity contribution in [2.75, 3.05) is 6.54 Å². The summed E-state index contributed by atoms with van der Waals surface area (Å²) in [7, 11) is 0. The van der Waals surface area contributed by atoms with Crippen molar-refractivity contribution >= 4 is 17.8 Å². The van der Waals surface area contributed by atoms with Crippen LogP contribution in [0.4, 0.5) is 0 Å². The Kier molecular flexibility index (Phi) is 6.78. The van der Waals surface area contributed by atoms with Gasteiger partial charge in [-0.25, -0.2) is 0 Å². The molecule has 0 spiro atoms. The maximum atomic E-state index is 13.4. The summed E-state index contributed by atoms with van der Waals surface area (Å²) in [6.07, 6.45) is 0.785. The van der Waals surface area contributed by atoms with E-state index >= 15 is 0 Å². The highest BCUT2D eigenvalue weighted by Crippen LogP contribution is 2.38. The van der Waals surface area contributed by atoms with E-state index in [9.17, 15) is 14.4 Å². The molecule has 0 saturated carbocycles. The third kappa shape index (κ3) is 4.86. The van der Waals surface area contributed by atoms with Gasteiger partial charge in [0.05, 0.1) is 5.92 Å². The molecule has 0 radical (unpaired) electrons. The van der Waals surface area contributed by atoms with Crippen molar-refractivity contribution in [3.05, 3.63) is 70.8 Å². The molecule has 6 heteroatoms. The van der Waals surface area contributed by atoms with E-state index in [1.54, 1.807) is 4.90 Å². The predicted octanol–water partition coefficient (Wildman–Crippen LogP) is 3.72. The molecule has 34 heavy (non-hydrogen) atoms. The second-order valence-corrected chi connectivity index (χ2v) is 10.3. The maximum absolute atomic E-state index is 13.4. The quantitative estimate of drug-likeness (QED) is 0.664. The van der Waals surface area contributed by atoms with Gasteiger partial charge in [-0.1, -0.05) is 62.4 Å². The minimum atomic E-state index is -0.830. The van der Waals surface area contributed by atoms with Gasteiger partial charge in [-0.3, -0.25) is 14.4 Å². The van der Waals surface area contributed by atoms with Crippen LogP contribution in [-0.4, -0.2) is 41.4 Å². The lowest BCUT2D eigenvalue weighted by Crippen LogP contribution is -2.53. The zero-order chi connectivity index (χ0) is 24.5. The zero-order valence-corrected chi connectivity index (χ0v) is 20.5. The second kappa shape index (κ2) is 9.61. The summed E-state index contributed by atoms with van der Waals surface area (Å²) in [4.78, 5) is 40.9.